The molecule has 0 aromatic heterocycles. The maximum atomic E-state index is 11.6. The van der Waals surface area contributed by atoms with Gasteiger partial charge in [-0.25, -0.2) is 4.79 Å². The highest BCUT2D eigenvalue weighted by Gasteiger charge is 2.29. The second-order valence-electron chi connectivity index (χ2n) is 9.53. The van der Waals surface area contributed by atoms with Crippen molar-refractivity contribution in [1.29, 1.82) is 0 Å². The Hall–Kier alpha value is -1.61. The minimum absolute atomic E-state index is 0.170. The van der Waals surface area contributed by atoms with E-state index in [9.17, 15) is 9.90 Å². The smallest absolute Gasteiger partial charge is 0.333 e. The first kappa shape index (κ1) is 23.1. The molecule has 2 fully saturated rings. The molecule has 1 aromatic rings. The van der Waals surface area contributed by atoms with E-state index in [0.29, 0.717) is 24.5 Å². The van der Waals surface area contributed by atoms with Crippen LogP contribution in [0.3, 0.4) is 0 Å². The van der Waals surface area contributed by atoms with Crippen molar-refractivity contribution in [2.45, 2.75) is 89.9 Å². The number of aliphatic hydroxyl groups is 1. The van der Waals surface area contributed by atoms with E-state index < -0.39 is 0 Å². The summed E-state index contributed by atoms with van der Waals surface area (Å²) in [7, 11) is 0. The van der Waals surface area contributed by atoms with Crippen LogP contribution in [0.4, 0.5) is 0 Å². The predicted octanol–water partition coefficient (Wildman–Crippen LogP) is 6.13. The monoisotopic (exact) mass is 412 g/mol. The topological polar surface area (TPSA) is 46.5 Å². The van der Waals surface area contributed by atoms with Crippen molar-refractivity contribution in [3.8, 4) is 0 Å². The molecule has 0 amide bonds. The number of benzene rings is 1. The fraction of sp³-hybridized carbons (Fsp3) is 0.667. The quantitative estimate of drug-likeness (QED) is 0.302. The van der Waals surface area contributed by atoms with Crippen LogP contribution in [0.2, 0.25) is 0 Å². The van der Waals surface area contributed by atoms with Crippen molar-refractivity contribution in [3.05, 3.63) is 47.0 Å². The van der Waals surface area contributed by atoms with Crippen LogP contribution in [0.1, 0.15) is 93.7 Å². The number of aryl methyl sites for hydroxylation is 1. The molecule has 0 heterocycles. The lowest BCUT2D eigenvalue weighted by atomic mass is 9.70. The fourth-order valence-electron chi connectivity index (χ4n) is 5.58. The summed E-state index contributed by atoms with van der Waals surface area (Å²) in [6.45, 7) is 5.89. The third-order valence-electron chi connectivity index (χ3n) is 7.34. The summed E-state index contributed by atoms with van der Waals surface area (Å²) in [4.78, 5) is 11.6. The molecule has 0 saturated heterocycles. The molecule has 30 heavy (non-hydrogen) atoms. The van der Waals surface area contributed by atoms with Crippen LogP contribution in [0, 0.1) is 11.8 Å². The Labute approximate surface area is 182 Å². The average molecular weight is 413 g/mol. The number of esters is 1. The highest BCUT2D eigenvalue weighted by molar-refractivity contribution is 5.86. The Morgan fingerprint density at radius 3 is 2.37 bits per heavy atom. The molecule has 166 valence electrons. The van der Waals surface area contributed by atoms with E-state index in [1.807, 2.05) is 0 Å². The first-order valence-corrected chi connectivity index (χ1v) is 12.1. The Balaban J connectivity index is 1.56. The van der Waals surface area contributed by atoms with E-state index >= 15 is 0 Å². The molecule has 0 spiro atoms. The van der Waals surface area contributed by atoms with Gasteiger partial charge in [-0.1, -0.05) is 56.9 Å². The van der Waals surface area contributed by atoms with Crippen molar-refractivity contribution >= 4 is 5.97 Å². The Morgan fingerprint density at radius 2 is 1.70 bits per heavy atom. The number of carbonyl (C=O) groups excluding carboxylic acids is 1. The van der Waals surface area contributed by atoms with Crippen LogP contribution in [0.15, 0.2) is 30.4 Å². The fourth-order valence-corrected chi connectivity index (χ4v) is 5.58. The van der Waals surface area contributed by atoms with E-state index in [1.54, 1.807) is 6.92 Å². The number of carbonyl (C=O) groups is 1. The second kappa shape index (κ2) is 11.7. The molecule has 3 heteroatoms. The second-order valence-corrected chi connectivity index (χ2v) is 9.53. The summed E-state index contributed by atoms with van der Waals surface area (Å²) in [6, 6.07) is 6.88. The van der Waals surface area contributed by atoms with Gasteiger partial charge < -0.3 is 9.84 Å². The molecule has 1 aromatic carbocycles. The largest absolute Gasteiger partial charge is 0.462 e. The van der Waals surface area contributed by atoms with Crippen molar-refractivity contribution < 1.29 is 14.6 Å². The summed E-state index contributed by atoms with van der Waals surface area (Å²) < 4.78 is 5.25. The summed E-state index contributed by atoms with van der Waals surface area (Å²) in [5.74, 6) is 2.31. The van der Waals surface area contributed by atoms with Crippen LogP contribution in [-0.2, 0) is 22.4 Å². The normalized spacial score (nSPS) is 22.6. The van der Waals surface area contributed by atoms with Gasteiger partial charge in [0.1, 0.15) is 0 Å². The maximum Gasteiger partial charge on any atom is 0.333 e. The maximum absolute atomic E-state index is 11.6. The van der Waals surface area contributed by atoms with E-state index in [1.165, 1.54) is 74.5 Å². The predicted molar refractivity (Wildman–Crippen MR) is 123 cm³/mol. The highest BCUT2D eigenvalue weighted by atomic mass is 16.5. The van der Waals surface area contributed by atoms with E-state index in [2.05, 4.69) is 24.8 Å². The molecule has 0 unspecified atom stereocenters. The lowest BCUT2D eigenvalue weighted by molar-refractivity contribution is -0.139. The van der Waals surface area contributed by atoms with Crippen LogP contribution >= 0.6 is 0 Å². The molecule has 0 aliphatic heterocycles. The van der Waals surface area contributed by atoms with Gasteiger partial charge in [-0.2, -0.15) is 0 Å². The Morgan fingerprint density at radius 1 is 1.00 bits per heavy atom. The zero-order chi connectivity index (χ0) is 21.3. The molecule has 2 aliphatic rings. The number of ether oxygens (including phenoxy) is 1. The minimum Gasteiger partial charge on any atom is -0.462 e. The highest BCUT2D eigenvalue weighted by Crippen LogP contribution is 2.43. The summed E-state index contributed by atoms with van der Waals surface area (Å²) in [5, 5.41) is 9.44. The molecule has 3 nitrogen and oxygen atoms in total. The van der Waals surface area contributed by atoms with Crippen molar-refractivity contribution in [1.82, 2.24) is 0 Å². The number of aliphatic hydroxyl groups excluding tert-OH is 1. The Bertz CT molecular complexity index is 694. The SMILES string of the molecule is C=C(C)C(=O)OCCCc1cc(C2CCC(C3CCCCC3)CC2)ccc1CCO. The molecular weight excluding hydrogens is 372 g/mol. The molecule has 0 atom stereocenters. The van der Waals surface area contributed by atoms with Crippen LogP contribution in [-0.4, -0.2) is 24.3 Å². The van der Waals surface area contributed by atoms with Gasteiger partial charge in [0.2, 0.25) is 0 Å². The van der Waals surface area contributed by atoms with E-state index in [0.717, 1.165) is 24.7 Å². The van der Waals surface area contributed by atoms with Crippen molar-refractivity contribution in [3.63, 3.8) is 0 Å². The standard InChI is InChI=1S/C27H40O3/c1-20(2)27(29)30-18-6-9-25-19-26(15-14-24(25)16-17-28)23-12-10-22(11-13-23)21-7-4-3-5-8-21/h14-15,19,21-23,28H,1,3-13,16-18H2,2H3. The molecule has 0 bridgehead atoms. The molecule has 3 rings (SSSR count). The van der Waals surface area contributed by atoms with Gasteiger partial charge >= 0.3 is 5.97 Å². The van der Waals surface area contributed by atoms with Crippen molar-refractivity contribution in [2.75, 3.05) is 13.2 Å². The number of rotatable bonds is 9. The zero-order valence-electron chi connectivity index (χ0n) is 18.8. The molecule has 0 radical (unpaired) electrons. The third kappa shape index (κ3) is 6.44. The molecule has 2 saturated carbocycles. The minimum atomic E-state index is -0.311. The summed E-state index contributed by atoms with van der Waals surface area (Å²) in [6.07, 6.45) is 15.0. The van der Waals surface area contributed by atoms with Crippen molar-refractivity contribution in [2.24, 2.45) is 11.8 Å². The first-order chi connectivity index (χ1) is 14.6. The lowest BCUT2D eigenvalue weighted by Crippen LogP contribution is -2.23. The van der Waals surface area contributed by atoms with Crippen LogP contribution < -0.4 is 0 Å². The lowest BCUT2D eigenvalue weighted by Gasteiger charge is -2.36. The number of hydrogen-bond donors (Lipinski definition) is 1. The molecular formula is C27H40O3. The molecule has 2 aliphatic carbocycles. The van der Waals surface area contributed by atoms with Crippen LogP contribution in [0.25, 0.3) is 0 Å². The van der Waals surface area contributed by atoms with Gasteiger partial charge in [0.25, 0.3) is 0 Å². The van der Waals surface area contributed by atoms with Gasteiger partial charge in [-0.05, 0) is 86.3 Å². The summed E-state index contributed by atoms with van der Waals surface area (Å²) in [5.41, 5.74) is 4.44. The summed E-state index contributed by atoms with van der Waals surface area (Å²) >= 11 is 0. The Kier molecular flexibility index (Phi) is 8.99. The number of hydrogen-bond acceptors (Lipinski definition) is 3. The van der Waals surface area contributed by atoms with Crippen LogP contribution in [0.5, 0.6) is 0 Å². The average Bonchev–Trinajstić information content (AvgIpc) is 2.78. The third-order valence-corrected chi connectivity index (χ3v) is 7.34. The van der Waals surface area contributed by atoms with E-state index in [4.69, 9.17) is 4.74 Å². The van der Waals surface area contributed by atoms with Gasteiger partial charge in [-0.15, -0.1) is 0 Å². The first-order valence-electron chi connectivity index (χ1n) is 12.1. The van der Waals surface area contributed by atoms with E-state index in [-0.39, 0.29) is 12.6 Å². The van der Waals surface area contributed by atoms with Gasteiger partial charge in [-0.3, -0.25) is 0 Å². The molecule has 1 N–H and O–H groups in total. The van der Waals surface area contributed by atoms with Gasteiger partial charge in [0.15, 0.2) is 0 Å². The zero-order valence-corrected chi connectivity index (χ0v) is 18.8. The van der Waals surface area contributed by atoms with Gasteiger partial charge in [0.05, 0.1) is 6.61 Å². The van der Waals surface area contributed by atoms with Gasteiger partial charge in [0, 0.05) is 12.2 Å².